The number of ketones is 2. The summed E-state index contributed by atoms with van der Waals surface area (Å²) < 4.78 is 34.1. The van der Waals surface area contributed by atoms with E-state index in [9.17, 15) is 14.4 Å². The Labute approximate surface area is 337 Å². The van der Waals surface area contributed by atoms with E-state index in [1.54, 1.807) is 6.20 Å². The topological polar surface area (TPSA) is 148 Å². The van der Waals surface area contributed by atoms with Gasteiger partial charge in [0, 0.05) is 43.3 Å². The van der Waals surface area contributed by atoms with Crippen LogP contribution >= 0.6 is 0 Å². The fraction of sp³-hybridized carbons (Fsp3) is 0.533. The second-order valence-electron chi connectivity index (χ2n) is 15.5. The summed E-state index contributed by atoms with van der Waals surface area (Å²) in [7, 11) is 0. The summed E-state index contributed by atoms with van der Waals surface area (Å²) in [5.41, 5.74) is 6.25. The number of oxazole rings is 1. The fourth-order valence-electron chi connectivity index (χ4n) is 6.17. The first-order valence-corrected chi connectivity index (χ1v) is 20.1. The van der Waals surface area contributed by atoms with Crippen molar-refractivity contribution in [3.05, 3.63) is 77.9 Å². The SMILES string of the molecule is CC(=O)C[C@H](CC(=O)CNC(=O)CCCCc1cc(C)ccn1)c1ccc(-c2ccc(OCCOCCOCCOCCOCCC(C)(C)C)c3ncoc23)cc1. The Bertz CT molecular complexity index is 1820. The number of hydrogen-bond donors (Lipinski definition) is 1. The molecule has 0 bridgehead atoms. The van der Waals surface area contributed by atoms with Crippen molar-refractivity contribution in [3.8, 4) is 16.9 Å². The molecule has 0 aliphatic carbocycles. The summed E-state index contributed by atoms with van der Waals surface area (Å²) in [6, 6.07) is 15.6. The number of rotatable bonds is 28. The van der Waals surface area contributed by atoms with Crippen molar-refractivity contribution < 1.29 is 42.5 Å². The average molecular weight is 788 g/mol. The highest BCUT2D eigenvalue weighted by molar-refractivity contribution is 5.94. The van der Waals surface area contributed by atoms with Gasteiger partial charge in [0.25, 0.3) is 0 Å². The highest BCUT2D eigenvalue weighted by atomic mass is 16.6. The van der Waals surface area contributed by atoms with Crippen LogP contribution in [-0.4, -0.2) is 93.4 Å². The van der Waals surface area contributed by atoms with Crippen LogP contribution < -0.4 is 10.1 Å². The lowest BCUT2D eigenvalue weighted by molar-refractivity contribution is -0.125. The molecule has 1 N–H and O–H groups in total. The molecule has 310 valence electrons. The maximum atomic E-state index is 12.9. The molecule has 0 radical (unpaired) electrons. The third-order valence-electron chi connectivity index (χ3n) is 9.29. The number of pyridine rings is 1. The molecule has 2 aromatic heterocycles. The number of nitrogens with zero attached hydrogens (tertiary/aromatic N) is 2. The Morgan fingerprint density at radius 1 is 0.789 bits per heavy atom. The first-order chi connectivity index (χ1) is 27.5. The van der Waals surface area contributed by atoms with Gasteiger partial charge in [0.05, 0.1) is 52.8 Å². The van der Waals surface area contributed by atoms with Crippen LogP contribution in [0.2, 0.25) is 0 Å². The molecule has 0 aliphatic rings. The van der Waals surface area contributed by atoms with Crippen LogP contribution in [-0.2, 0) is 39.8 Å². The molecule has 0 fully saturated rings. The van der Waals surface area contributed by atoms with Gasteiger partial charge in [0.15, 0.2) is 23.3 Å². The molecule has 0 spiro atoms. The van der Waals surface area contributed by atoms with E-state index in [-0.39, 0.29) is 48.2 Å². The minimum atomic E-state index is -0.301. The first kappa shape index (κ1) is 45.2. The Morgan fingerprint density at radius 3 is 2.11 bits per heavy atom. The highest BCUT2D eigenvalue weighted by Crippen LogP contribution is 2.35. The number of ether oxygens (including phenoxy) is 5. The molecule has 12 nitrogen and oxygen atoms in total. The maximum Gasteiger partial charge on any atom is 0.220 e. The number of aryl methyl sites for hydroxylation is 2. The van der Waals surface area contributed by atoms with Crippen LogP contribution in [0.15, 0.2) is 65.5 Å². The largest absolute Gasteiger partial charge is 0.489 e. The quantitative estimate of drug-likeness (QED) is 0.0567. The number of benzene rings is 2. The molecule has 1 amide bonds. The van der Waals surface area contributed by atoms with Crippen molar-refractivity contribution in [1.82, 2.24) is 15.3 Å². The lowest BCUT2D eigenvalue weighted by Gasteiger charge is -2.17. The number of Topliss-reactive ketones (excluding diaryl/α,β-unsaturated/α-hetero) is 2. The third-order valence-corrected chi connectivity index (χ3v) is 9.29. The molecule has 4 rings (SSSR count). The number of amides is 1. The summed E-state index contributed by atoms with van der Waals surface area (Å²) in [5, 5.41) is 2.76. The number of unbranched alkanes of at least 4 members (excludes halogenated alkanes) is 1. The summed E-state index contributed by atoms with van der Waals surface area (Å²) in [5.74, 6) is 0.00616. The van der Waals surface area contributed by atoms with E-state index >= 15 is 0 Å². The summed E-state index contributed by atoms with van der Waals surface area (Å²) in [4.78, 5) is 46.3. The zero-order valence-electron chi connectivity index (χ0n) is 34.4. The van der Waals surface area contributed by atoms with Crippen molar-refractivity contribution in [2.75, 3.05) is 66.0 Å². The van der Waals surface area contributed by atoms with Gasteiger partial charge in [0.2, 0.25) is 5.91 Å². The lowest BCUT2D eigenvalue weighted by Crippen LogP contribution is -2.30. The van der Waals surface area contributed by atoms with Crippen LogP contribution in [0.4, 0.5) is 0 Å². The number of nitrogens with one attached hydrogen (secondary N) is 1. The molecule has 0 saturated carbocycles. The van der Waals surface area contributed by atoms with Crippen LogP contribution in [0.25, 0.3) is 22.2 Å². The van der Waals surface area contributed by atoms with Crippen molar-refractivity contribution in [2.24, 2.45) is 5.41 Å². The van der Waals surface area contributed by atoms with E-state index in [2.05, 4.69) is 42.1 Å². The molecule has 2 aromatic carbocycles. The van der Waals surface area contributed by atoms with Crippen LogP contribution in [0.5, 0.6) is 5.75 Å². The van der Waals surface area contributed by atoms with Crippen molar-refractivity contribution >= 4 is 28.6 Å². The van der Waals surface area contributed by atoms with Crippen molar-refractivity contribution in [2.45, 2.75) is 85.5 Å². The van der Waals surface area contributed by atoms with Gasteiger partial charge in [-0.25, -0.2) is 4.98 Å². The second-order valence-corrected chi connectivity index (χ2v) is 15.5. The van der Waals surface area contributed by atoms with E-state index in [0.717, 1.165) is 48.3 Å². The lowest BCUT2D eigenvalue weighted by atomic mass is 9.88. The number of fused-ring (bicyclic) bond motifs is 1. The Hall–Kier alpha value is -4.49. The standard InChI is InChI=1S/C45H61N3O9/c1-33-16-18-46-38(28-33)8-6-7-9-42(51)47-31-39(50)30-37(29-34(2)49)35-10-12-36(13-11-35)40-14-15-41(43-44(40)57-32-48-43)56-27-26-55-25-24-54-23-22-53-21-20-52-19-17-45(3,4)5/h10-16,18,28,32,37H,6-9,17,19-27,29-31H2,1-5H3,(H,47,51)/t37-/m1/s1. The minimum absolute atomic E-state index is 0.00779. The van der Waals surface area contributed by atoms with Crippen molar-refractivity contribution in [3.63, 3.8) is 0 Å². The third kappa shape index (κ3) is 17.3. The molecule has 12 heteroatoms. The van der Waals surface area contributed by atoms with Crippen molar-refractivity contribution in [1.29, 1.82) is 0 Å². The van der Waals surface area contributed by atoms with Gasteiger partial charge in [-0.1, -0.05) is 45.0 Å². The van der Waals surface area contributed by atoms with Crippen LogP contribution in [0.1, 0.15) is 89.0 Å². The normalized spacial score (nSPS) is 12.2. The van der Waals surface area contributed by atoms with E-state index in [0.29, 0.717) is 82.5 Å². The molecule has 0 saturated heterocycles. The smallest absolute Gasteiger partial charge is 0.220 e. The predicted molar refractivity (Wildman–Crippen MR) is 219 cm³/mol. The van der Waals surface area contributed by atoms with Gasteiger partial charge in [-0.15, -0.1) is 0 Å². The van der Waals surface area contributed by atoms with Gasteiger partial charge in [0.1, 0.15) is 18.1 Å². The molecular weight excluding hydrogens is 727 g/mol. The van der Waals surface area contributed by atoms with Gasteiger partial charge in [-0.05, 0) is 91.8 Å². The monoisotopic (exact) mass is 787 g/mol. The minimum Gasteiger partial charge on any atom is -0.489 e. The average Bonchev–Trinajstić information content (AvgIpc) is 3.67. The predicted octanol–water partition coefficient (Wildman–Crippen LogP) is 7.63. The second kappa shape index (κ2) is 24.3. The van der Waals surface area contributed by atoms with Gasteiger partial charge in [-0.2, -0.15) is 0 Å². The zero-order chi connectivity index (χ0) is 40.9. The van der Waals surface area contributed by atoms with E-state index < -0.39 is 0 Å². The van der Waals surface area contributed by atoms with Crippen LogP contribution in [0, 0.1) is 12.3 Å². The Morgan fingerprint density at radius 2 is 1.46 bits per heavy atom. The number of hydrogen-bond acceptors (Lipinski definition) is 11. The van der Waals surface area contributed by atoms with Gasteiger partial charge >= 0.3 is 0 Å². The van der Waals surface area contributed by atoms with E-state index in [1.165, 1.54) is 18.9 Å². The highest BCUT2D eigenvalue weighted by Gasteiger charge is 2.20. The Kier molecular flexibility index (Phi) is 19.3. The van der Waals surface area contributed by atoms with E-state index in [4.69, 9.17) is 28.1 Å². The molecule has 1 atom stereocenters. The summed E-state index contributed by atoms with van der Waals surface area (Å²) >= 11 is 0. The van der Waals surface area contributed by atoms with E-state index in [1.807, 2.05) is 49.4 Å². The van der Waals surface area contributed by atoms with Gasteiger partial charge < -0.3 is 38.2 Å². The summed E-state index contributed by atoms with van der Waals surface area (Å²) in [6.45, 7) is 14.6. The number of carbonyl (C=O) groups is 3. The molecular formula is C45H61N3O9. The molecule has 0 aliphatic heterocycles. The summed E-state index contributed by atoms with van der Waals surface area (Å²) in [6.07, 6.45) is 7.30. The Balaban J connectivity index is 1.16. The number of carbonyl (C=O) groups excluding carboxylic acids is 3. The number of aromatic nitrogens is 2. The van der Waals surface area contributed by atoms with Gasteiger partial charge in [-0.3, -0.25) is 14.6 Å². The van der Waals surface area contributed by atoms with Crippen LogP contribution in [0.3, 0.4) is 0 Å². The zero-order valence-corrected chi connectivity index (χ0v) is 34.4. The fourth-order valence-corrected chi connectivity index (χ4v) is 6.17. The molecule has 4 aromatic rings. The molecule has 0 unspecified atom stereocenters. The molecule has 2 heterocycles. The molecule has 57 heavy (non-hydrogen) atoms. The first-order valence-electron chi connectivity index (χ1n) is 20.1. The maximum absolute atomic E-state index is 12.9.